The number of ether oxygens (including phenoxy) is 2. The fraction of sp³-hybridized carbons (Fsp3) is 0.621. The second-order valence-electron chi connectivity index (χ2n) is 11.0. The van der Waals surface area contributed by atoms with Crippen LogP contribution < -0.4 is 10.2 Å². The first-order valence-electron chi connectivity index (χ1n) is 14.4. The van der Waals surface area contributed by atoms with Gasteiger partial charge in [0.2, 0.25) is 5.95 Å². The lowest BCUT2D eigenvalue weighted by Gasteiger charge is -2.39. The van der Waals surface area contributed by atoms with Gasteiger partial charge in [0.1, 0.15) is 11.6 Å². The molecule has 0 bridgehead atoms. The van der Waals surface area contributed by atoms with Gasteiger partial charge in [0.25, 0.3) is 6.43 Å². The van der Waals surface area contributed by atoms with Gasteiger partial charge in [-0.25, -0.2) is 13.8 Å². The molecule has 2 aliphatic rings. The van der Waals surface area contributed by atoms with E-state index < -0.39 is 6.43 Å². The van der Waals surface area contributed by atoms with Crippen LogP contribution in [0.15, 0.2) is 30.3 Å². The highest BCUT2D eigenvalue weighted by Crippen LogP contribution is 2.31. The number of methoxy groups -OCH3 is 1. The summed E-state index contributed by atoms with van der Waals surface area (Å²) in [5, 5.41) is 3.46. The summed E-state index contributed by atoms with van der Waals surface area (Å²) >= 11 is 0. The van der Waals surface area contributed by atoms with E-state index in [1.807, 2.05) is 6.07 Å². The molecule has 3 heterocycles. The van der Waals surface area contributed by atoms with Crippen molar-refractivity contribution in [1.29, 1.82) is 0 Å². The molecule has 218 valence electrons. The van der Waals surface area contributed by atoms with Gasteiger partial charge < -0.3 is 19.7 Å². The smallest absolute Gasteiger partial charge is 0.296 e. The second kappa shape index (κ2) is 13.2. The number of imidazole rings is 1. The maximum absolute atomic E-state index is 14.1. The molecule has 1 aromatic carbocycles. The summed E-state index contributed by atoms with van der Waals surface area (Å²) in [6, 6.07) is 10.0. The highest BCUT2D eigenvalue weighted by molar-refractivity contribution is 5.78. The topological polar surface area (TPSA) is 80.6 Å². The summed E-state index contributed by atoms with van der Waals surface area (Å²) in [4.78, 5) is 18.4. The first kappa shape index (κ1) is 28.6. The number of fused-ring (bicyclic) bond motifs is 1. The number of para-hydroxylation sites is 2. The lowest BCUT2D eigenvalue weighted by molar-refractivity contribution is 0.0710. The molecule has 0 radical (unpaired) electrons. The molecular formula is C29H41F2N7O2. The summed E-state index contributed by atoms with van der Waals surface area (Å²) in [5.74, 6) is 1.71. The van der Waals surface area contributed by atoms with Crippen molar-refractivity contribution < 1.29 is 18.3 Å². The van der Waals surface area contributed by atoms with E-state index in [0.717, 1.165) is 45.4 Å². The SMILES string of the molecule is COCCN(C(C)C)[C@H]1CC[C@H](CNc2nc(N3CCOCC3)cc(-n3c(C(F)F)nc4ccccc43)n2)CC1. The Bertz CT molecular complexity index is 1240. The molecule has 3 aromatic rings. The summed E-state index contributed by atoms with van der Waals surface area (Å²) in [7, 11) is 1.76. The maximum atomic E-state index is 14.1. The van der Waals surface area contributed by atoms with Gasteiger partial charge in [0, 0.05) is 51.4 Å². The normalized spacial score (nSPS) is 20.2. The largest absolute Gasteiger partial charge is 0.383 e. The van der Waals surface area contributed by atoms with Gasteiger partial charge in [0.05, 0.1) is 30.9 Å². The van der Waals surface area contributed by atoms with Crippen molar-refractivity contribution in [3.8, 4) is 5.82 Å². The Morgan fingerprint density at radius 1 is 1.05 bits per heavy atom. The van der Waals surface area contributed by atoms with Crippen molar-refractivity contribution >= 4 is 22.8 Å². The van der Waals surface area contributed by atoms with E-state index in [1.54, 1.807) is 31.4 Å². The zero-order valence-corrected chi connectivity index (χ0v) is 23.7. The van der Waals surface area contributed by atoms with Gasteiger partial charge in [-0.15, -0.1) is 0 Å². The average molecular weight is 558 g/mol. The van der Waals surface area contributed by atoms with Crippen LogP contribution in [0.4, 0.5) is 20.5 Å². The molecule has 1 N–H and O–H groups in total. The number of morpholine rings is 1. The number of halogens is 2. The van der Waals surface area contributed by atoms with E-state index in [4.69, 9.17) is 19.4 Å². The van der Waals surface area contributed by atoms with Gasteiger partial charge in [-0.2, -0.15) is 9.97 Å². The van der Waals surface area contributed by atoms with Gasteiger partial charge in [0.15, 0.2) is 5.82 Å². The van der Waals surface area contributed by atoms with Crippen LogP contribution in [-0.2, 0) is 9.47 Å². The standard InChI is InChI=1S/C29H41F2N7O2/c1-20(2)37(14-15-39-3)22-10-8-21(9-11-22)19-32-29-34-25(36-12-16-40-17-13-36)18-26(35-29)38-24-7-5-4-6-23(24)33-28(38)27(30)31/h4-7,18,20-22,27H,8-17,19H2,1-3H3,(H,32,34,35)/t21-,22-. The Labute approximate surface area is 234 Å². The van der Waals surface area contributed by atoms with Gasteiger partial charge >= 0.3 is 0 Å². The van der Waals surface area contributed by atoms with E-state index in [9.17, 15) is 8.78 Å². The Morgan fingerprint density at radius 3 is 2.48 bits per heavy atom. The van der Waals surface area contributed by atoms with Crippen LogP contribution in [0.25, 0.3) is 16.9 Å². The molecule has 2 aromatic heterocycles. The van der Waals surface area contributed by atoms with E-state index in [-0.39, 0.29) is 5.82 Å². The summed E-state index contributed by atoms with van der Waals surface area (Å²) in [6.07, 6.45) is 1.78. The van der Waals surface area contributed by atoms with Crippen molar-refractivity contribution in [2.75, 3.05) is 63.3 Å². The Hall–Kier alpha value is -2.89. The number of hydrogen-bond acceptors (Lipinski definition) is 8. The molecule has 1 saturated heterocycles. The van der Waals surface area contributed by atoms with Crippen molar-refractivity contribution in [2.24, 2.45) is 5.92 Å². The minimum absolute atomic E-state index is 0.319. The van der Waals surface area contributed by atoms with Crippen molar-refractivity contribution in [2.45, 2.75) is 58.0 Å². The quantitative estimate of drug-likeness (QED) is 0.356. The van der Waals surface area contributed by atoms with E-state index in [0.29, 0.717) is 72.9 Å². The van der Waals surface area contributed by atoms with Crippen LogP contribution in [0.2, 0.25) is 0 Å². The number of benzene rings is 1. The fourth-order valence-electron chi connectivity index (χ4n) is 5.98. The van der Waals surface area contributed by atoms with Crippen molar-refractivity contribution in [3.63, 3.8) is 0 Å². The number of anilines is 2. The predicted molar refractivity (Wildman–Crippen MR) is 153 cm³/mol. The molecule has 0 amide bonds. The number of aromatic nitrogens is 4. The fourth-order valence-corrected chi connectivity index (χ4v) is 5.98. The number of hydrogen-bond donors (Lipinski definition) is 1. The van der Waals surface area contributed by atoms with E-state index >= 15 is 0 Å². The van der Waals surface area contributed by atoms with Gasteiger partial charge in [-0.05, 0) is 57.6 Å². The molecular weight excluding hydrogens is 516 g/mol. The first-order chi connectivity index (χ1) is 19.4. The third-order valence-corrected chi connectivity index (χ3v) is 8.10. The lowest BCUT2D eigenvalue weighted by atomic mass is 9.85. The minimum atomic E-state index is -2.74. The Kier molecular flexibility index (Phi) is 9.44. The summed E-state index contributed by atoms with van der Waals surface area (Å²) < 4.78 is 40.6. The molecule has 2 fully saturated rings. The third-order valence-electron chi connectivity index (χ3n) is 8.10. The zero-order chi connectivity index (χ0) is 28.1. The molecule has 0 spiro atoms. The third kappa shape index (κ3) is 6.53. The Morgan fingerprint density at radius 2 is 1.77 bits per heavy atom. The van der Waals surface area contributed by atoms with Crippen LogP contribution in [0.3, 0.4) is 0 Å². The minimum Gasteiger partial charge on any atom is -0.383 e. The number of alkyl halides is 2. The molecule has 0 unspecified atom stereocenters. The molecule has 1 aliphatic carbocycles. The zero-order valence-electron chi connectivity index (χ0n) is 23.7. The van der Waals surface area contributed by atoms with E-state index in [1.165, 1.54) is 4.57 Å². The van der Waals surface area contributed by atoms with Crippen molar-refractivity contribution in [1.82, 2.24) is 24.4 Å². The Balaban J connectivity index is 1.36. The summed E-state index contributed by atoms with van der Waals surface area (Å²) in [6.45, 7) is 9.51. The van der Waals surface area contributed by atoms with E-state index in [2.05, 4.69) is 33.9 Å². The van der Waals surface area contributed by atoms with Crippen LogP contribution in [0.5, 0.6) is 0 Å². The molecule has 1 aliphatic heterocycles. The van der Waals surface area contributed by atoms with Crippen LogP contribution in [0, 0.1) is 5.92 Å². The number of nitrogens with one attached hydrogen (secondary N) is 1. The number of nitrogens with zero attached hydrogens (tertiary/aromatic N) is 6. The highest BCUT2D eigenvalue weighted by atomic mass is 19.3. The lowest BCUT2D eigenvalue weighted by Crippen LogP contribution is -2.44. The van der Waals surface area contributed by atoms with Gasteiger partial charge in [-0.1, -0.05) is 12.1 Å². The first-order valence-corrected chi connectivity index (χ1v) is 14.4. The van der Waals surface area contributed by atoms with Crippen molar-refractivity contribution in [3.05, 3.63) is 36.2 Å². The maximum Gasteiger partial charge on any atom is 0.296 e. The van der Waals surface area contributed by atoms with Crippen LogP contribution >= 0.6 is 0 Å². The summed E-state index contributed by atoms with van der Waals surface area (Å²) in [5.41, 5.74) is 1.11. The monoisotopic (exact) mass is 557 g/mol. The van der Waals surface area contributed by atoms with Gasteiger partial charge in [-0.3, -0.25) is 9.47 Å². The number of rotatable bonds is 11. The molecule has 1 saturated carbocycles. The molecule has 9 nitrogen and oxygen atoms in total. The predicted octanol–water partition coefficient (Wildman–Crippen LogP) is 4.92. The van der Waals surface area contributed by atoms with Crippen LogP contribution in [-0.4, -0.2) is 89.6 Å². The molecule has 5 rings (SSSR count). The molecule has 0 atom stereocenters. The van der Waals surface area contributed by atoms with Crippen LogP contribution in [0.1, 0.15) is 51.8 Å². The molecule has 11 heteroatoms. The molecule has 40 heavy (non-hydrogen) atoms. The second-order valence-corrected chi connectivity index (χ2v) is 11.0. The average Bonchev–Trinajstić information content (AvgIpc) is 3.37. The highest BCUT2D eigenvalue weighted by Gasteiger charge is 2.28.